The van der Waals surface area contributed by atoms with Crippen molar-refractivity contribution in [2.45, 2.75) is 0 Å². The molecule has 0 saturated carbocycles. The Kier molecular flexibility index (Phi) is 3.16. The second kappa shape index (κ2) is 4.98. The van der Waals surface area contributed by atoms with Crippen LogP contribution in [0.4, 0.5) is 10.1 Å². The third-order valence-electron chi connectivity index (χ3n) is 2.99. The number of aromatic amines is 1. The fraction of sp³-hybridized carbons (Fsp3) is 0. The average molecular weight is 289 g/mol. The molecule has 3 nitrogen and oxygen atoms in total. The quantitative estimate of drug-likeness (QED) is 0.729. The number of rotatable bonds is 2. The molecule has 0 fully saturated rings. The molecule has 0 saturated heterocycles. The average Bonchev–Trinajstić information content (AvgIpc) is 2.90. The van der Waals surface area contributed by atoms with Crippen LogP contribution in [0.25, 0.3) is 10.9 Å². The first-order valence-corrected chi connectivity index (χ1v) is 6.35. The lowest BCUT2D eigenvalue weighted by molar-refractivity contribution is 0.102. The summed E-state index contributed by atoms with van der Waals surface area (Å²) in [5.74, 6) is -0.790. The number of anilines is 1. The fourth-order valence-corrected chi connectivity index (χ4v) is 2.15. The number of hydrogen-bond acceptors (Lipinski definition) is 1. The molecule has 2 aromatic carbocycles. The van der Waals surface area contributed by atoms with Crippen LogP contribution in [0.1, 0.15) is 10.4 Å². The molecule has 5 heteroatoms. The summed E-state index contributed by atoms with van der Waals surface area (Å²) >= 11 is 5.68. The number of hydrogen-bond donors (Lipinski definition) is 2. The number of halogens is 2. The Labute approximate surface area is 119 Å². The van der Waals surface area contributed by atoms with Gasteiger partial charge in [-0.25, -0.2) is 4.39 Å². The molecular formula is C15H10ClFN2O. The Hall–Kier alpha value is -2.33. The summed E-state index contributed by atoms with van der Waals surface area (Å²) in [6.07, 6.45) is 1.81. The Bertz CT molecular complexity index is 797. The molecule has 0 aliphatic heterocycles. The molecule has 100 valence electrons. The van der Waals surface area contributed by atoms with Crippen LogP contribution in [-0.2, 0) is 0 Å². The van der Waals surface area contributed by atoms with E-state index in [1.807, 2.05) is 18.3 Å². The number of carbonyl (C=O) groups is 1. The van der Waals surface area contributed by atoms with Gasteiger partial charge in [0.05, 0.1) is 5.02 Å². The first kappa shape index (κ1) is 12.7. The highest BCUT2D eigenvalue weighted by atomic mass is 35.5. The molecule has 1 amide bonds. The number of benzene rings is 2. The second-order valence-corrected chi connectivity index (χ2v) is 4.77. The summed E-state index contributed by atoms with van der Waals surface area (Å²) in [5.41, 5.74) is 1.85. The van der Waals surface area contributed by atoms with Crippen LogP contribution >= 0.6 is 11.6 Å². The largest absolute Gasteiger partial charge is 0.361 e. The van der Waals surface area contributed by atoms with Crippen molar-refractivity contribution in [1.82, 2.24) is 4.98 Å². The zero-order chi connectivity index (χ0) is 14.1. The molecule has 0 bridgehead atoms. The van der Waals surface area contributed by atoms with Gasteiger partial charge >= 0.3 is 0 Å². The normalized spacial score (nSPS) is 10.7. The number of aromatic nitrogens is 1. The molecule has 0 aliphatic carbocycles. The van der Waals surface area contributed by atoms with Gasteiger partial charge in [-0.3, -0.25) is 4.79 Å². The highest BCUT2D eigenvalue weighted by Crippen LogP contribution is 2.20. The molecule has 0 radical (unpaired) electrons. The van der Waals surface area contributed by atoms with Crippen LogP contribution < -0.4 is 5.32 Å². The number of H-pyrrole nitrogens is 1. The SMILES string of the molecule is O=C(Nc1ccc(F)c(Cl)c1)c1ccc2cc[nH]c2c1. The van der Waals surface area contributed by atoms with Gasteiger partial charge in [-0.15, -0.1) is 0 Å². The maximum atomic E-state index is 13.0. The zero-order valence-electron chi connectivity index (χ0n) is 10.3. The van der Waals surface area contributed by atoms with Crippen LogP contribution in [-0.4, -0.2) is 10.9 Å². The lowest BCUT2D eigenvalue weighted by Crippen LogP contribution is -2.11. The van der Waals surface area contributed by atoms with E-state index >= 15 is 0 Å². The summed E-state index contributed by atoms with van der Waals surface area (Å²) < 4.78 is 13.0. The van der Waals surface area contributed by atoms with Crippen LogP contribution in [0.3, 0.4) is 0 Å². The molecule has 0 spiro atoms. The van der Waals surface area contributed by atoms with Crippen LogP contribution in [0, 0.1) is 5.82 Å². The van der Waals surface area contributed by atoms with Crippen molar-refractivity contribution in [1.29, 1.82) is 0 Å². The minimum absolute atomic E-state index is 0.0254. The molecule has 3 rings (SSSR count). The van der Waals surface area contributed by atoms with Gasteiger partial charge in [0.25, 0.3) is 5.91 Å². The predicted molar refractivity (Wildman–Crippen MR) is 77.7 cm³/mol. The topological polar surface area (TPSA) is 44.9 Å². The van der Waals surface area contributed by atoms with Gasteiger partial charge in [-0.05, 0) is 41.8 Å². The monoisotopic (exact) mass is 288 g/mol. The Balaban J connectivity index is 1.86. The van der Waals surface area contributed by atoms with Crippen LogP contribution in [0.5, 0.6) is 0 Å². The van der Waals surface area contributed by atoms with E-state index < -0.39 is 5.82 Å². The molecule has 2 N–H and O–H groups in total. The summed E-state index contributed by atoms with van der Waals surface area (Å²) in [5, 5.41) is 3.69. The smallest absolute Gasteiger partial charge is 0.255 e. The minimum Gasteiger partial charge on any atom is -0.361 e. The van der Waals surface area contributed by atoms with E-state index in [1.165, 1.54) is 18.2 Å². The van der Waals surface area contributed by atoms with Crippen molar-refractivity contribution in [3.05, 3.63) is 65.1 Å². The van der Waals surface area contributed by atoms with Crippen molar-refractivity contribution in [3.8, 4) is 0 Å². The van der Waals surface area contributed by atoms with E-state index in [-0.39, 0.29) is 10.9 Å². The summed E-state index contributed by atoms with van der Waals surface area (Å²) in [6, 6.07) is 11.3. The zero-order valence-corrected chi connectivity index (χ0v) is 11.0. The van der Waals surface area contributed by atoms with Crippen molar-refractivity contribution >= 4 is 34.1 Å². The van der Waals surface area contributed by atoms with Crippen LogP contribution in [0.2, 0.25) is 5.02 Å². The van der Waals surface area contributed by atoms with E-state index in [4.69, 9.17) is 11.6 Å². The third-order valence-corrected chi connectivity index (χ3v) is 3.28. The molecule has 20 heavy (non-hydrogen) atoms. The van der Waals surface area contributed by atoms with Gasteiger partial charge in [0.15, 0.2) is 0 Å². The van der Waals surface area contributed by atoms with E-state index in [1.54, 1.807) is 12.1 Å². The number of fused-ring (bicyclic) bond motifs is 1. The molecule has 0 atom stereocenters. The highest BCUT2D eigenvalue weighted by Gasteiger charge is 2.08. The lowest BCUT2D eigenvalue weighted by Gasteiger charge is -2.06. The summed E-state index contributed by atoms with van der Waals surface area (Å²) in [7, 11) is 0. The predicted octanol–water partition coefficient (Wildman–Crippen LogP) is 4.21. The fourth-order valence-electron chi connectivity index (χ4n) is 1.97. The van der Waals surface area contributed by atoms with E-state index in [0.29, 0.717) is 11.3 Å². The number of amides is 1. The Morgan fingerprint density at radius 3 is 2.80 bits per heavy atom. The Morgan fingerprint density at radius 2 is 2.00 bits per heavy atom. The summed E-state index contributed by atoms with van der Waals surface area (Å²) in [4.78, 5) is 15.2. The van der Waals surface area contributed by atoms with Crippen molar-refractivity contribution in [3.63, 3.8) is 0 Å². The number of carbonyl (C=O) groups excluding carboxylic acids is 1. The first-order chi connectivity index (χ1) is 9.63. The van der Waals surface area contributed by atoms with E-state index in [9.17, 15) is 9.18 Å². The lowest BCUT2D eigenvalue weighted by atomic mass is 10.1. The van der Waals surface area contributed by atoms with Gasteiger partial charge in [0, 0.05) is 23.0 Å². The highest BCUT2D eigenvalue weighted by molar-refractivity contribution is 6.31. The van der Waals surface area contributed by atoms with Gasteiger partial charge in [-0.1, -0.05) is 17.7 Å². The molecule has 0 unspecified atom stereocenters. The second-order valence-electron chi connectivity index (χ2n) is 4.36. The molecule has 0 aliphatic rings. The molecule has 1 aromatic heterocycles. The van der Waals surface area contributed by atoms with Crippen LogP contribution in [0.15, 0.2) is 48.7 Å². The Morgan fingerprint density at radius 1 is 1.15 bits per heavy atom. The molecular weight excluding hydrogens is 279 g/mol. The van der Waals surface area contributed by atoms with Gasteiger partial charge in [0.2, 0.25) is 0 Å². The minimum atomic E-state index is -0.516. The maximum Gasteiger partial charge on any atom is 0.255 e. The first-order valence-electron chi connectivity index (χ1n) is 5.97. The third kappa shape index (κ3) is 2.38. The standard InChI is InChI=1S/C15H10ClFN2O/c16-12-8-11(3-4-13(12)17)19-15(20)10-2-1-9-5-6-18-14(9)7-10/h1-8,18H,(H,19,20). The van der Waals surface area contributed by atoms with Crippen molar-refractivity contribution < 1.29 is 9.18 Å². The van der Waals surface area contributed by atoms with E-state index in [0.717, 1.165) is 10.9 Å². The van der Waals surface area contributed by atoms with Crippen molar-refractivity contribution in [2.24, 2.45) is 0 Å². The summed E-state index contributed by atoms with van der Waals surface area (Å²) in [6.45, 7) is 0. The van der Waals surface area contributed by atoms with Gasteiger partial charge in [0.1, 0.15) is 5.82 Å². The van der Waals surface area contributed by atoms with Gasteiger partial charge < -0.3 is 10.3 Å². The molecule has 1 heterocycles. The van der Waals surface area contributed by atoms with Crippen molar-refractivity contribution in [2.75, 3.05) is 5.32 Å². The number of nitrogens with one attached hydrogen (secondary N) is 2. The van der Waals surface area contributed by atoms with E-state index in [2.05, 4.69) is 10.3 Å². The molecule has 3 aromatic rings. The maximum absolute atomic E-state index is 13.0. The van der Waals surface area contributed by atoms with Gasteiger partial charge in [-0.2, -0.15) is 0 Å².